The fourth-order valence-electron chi connectivity index (χ4n) is 2.09. The van der Waals surface area contributed by atoms with Crippen LogP contribution in [0, 0.1) is 0 Å². The molecule has 0 aromatic rings. The summed E-state index contributed by atoms with van der Waals surface area (Å²) >= 11 is -6.43. The van der Waals surface area contributed by atoms with E-state index in [-0.39, 0.29) is 0 Å². The maximum atomic E-state index is 6.00. The molecule has 168 valence electrons. The summed E-state index contributed by atoms with van der Waals surface area (Å²) in [6.45, 7) is 22.6. The van der Waals surface area contributed by atoms with Gasteiger partial charge in [-0.2, -0.15) is 0 Å². The molecule has 0 saturated carbocycles. The summed E-state index contributed by atoms with van der Waals surface area (Å²) < 4.78 is 9.22. The van der Waals surface area contributed by atoms with Crippen molar-refractivity contribution in [3.8, 4) is 0 Å². The molecule has 16 heteroatoms. The predicted molar refractivity (Wildman–Crippen MR) is 154 cm³/mol. The average molecular weight is 894 g/mol. The number of nitrogens with zero attached hydrogens (tertiary/aromatic N) is 1. The predicted octanol–water partition coefficient (Wildman–Crippen LogP) is 6.24. The molecule has 0 atom stereocenters. The molecule has 0 aliphatic carbocycles. The van der Waals surface area contributed by atoms with Gasteiger partial charge in [-0.15, -0.1) is 0 Å². The standard InChI is InChI=1S/C5H14NSi.C4H14NSi2.C3H10NSi.6ClH.3In/c1-4-7(3,6)5-2;1-6(2)5-7(3)4;1-5(2,3)4;;;;;;;;;/h6H,4-5H2,1-3H3;6-7H,1-4H3;4H,1-3H3;6*1H;;;/q3*-1;;;;;;;3*+3/p-6. The molecular formula is C12H38Cl6In3N3Si4. The Bertz CT molecular complexity index is 360. The van der Waals surface area contributed by atoms with Gasteiger partial charge in [0.1, 0.15) is 0 Å². The van der Waals surface area contributed by atoms with E-state index in [4.69, 9.17) is 51.5 Å². The molecule has 0 bridgehead atoms. The Morgan fingerprint density at radius 2 is 1.04 bits per heavy atom. The van der Waals surface area contributed by atoms with Crippen molar-refractivity contribution in [3.63, 3.8) is 0 Å². The molecule has 2 N–H and O–H groups in total. The second-order valence-electron chi connectivity index (χ2n) is 8.32. The number of rotatable bonds is 9. The molecule has 0 unspecified atom stereocenters. The molecule has 0 aromatic carbocycles. The Hall–Kier alpha value is 5.10. The fraction of sp³-hybridized carbons (Fsp3) is 1.00. The molecule has 0 amide bonds. The van der Waals surface area contributed by atoms with Crippen LogP contribution in [0.5, 0.6) is 0 Å². The van der Waals surface area contributed by atoms with Crippen LogP contribution in [0.2, 0.25) is 64.5 Å². The maximum absolute atomic E-state index is 6.00. The normalized spacial score (nSPS) is 11.7. The second-order valence-corrected chi connectivity index (χ2v) is 60.9. The van der Waals surface area contributed by atoms with Crippen molar-refractivity contribution >= 4 is 144 Å². The number of halogens is 6. The molecular weight excluding hydrogens is 856 g/mol. The molecule has 0 aliphatic rings. The van der Waals surface area contributed by atoms with Gasteiger partial charge in [0.2, 0.25) is 0 Å². The van der Waals surface area contributed by atoms with Crippen molar-refractivity contribution in [1.82, 2.24) is 8.16 Å². The zero-order valence-corrected chi connectivity index (χ0v) is 37.7. The fourth-order valence-corrected chi connectivity index (χ4v) is 73.1. The third-order valence-corrected chi connectivity index (χ3v) is 64.6. The van der Waals surface area contributed by atoms with Gasteiger partial charge in [-0.25, -0.2) is 0 Å². The topological polar surface area (TPSA) is 27.3 Å². The van der Waals surface area contributed by atoms with Gasteiger partial charge in [0, 0.05) is 0 Å². The average Bonchev–Trinajstić information content (AvgIpc) is 2.43. The molecule has 0 fully saturated rings. The zero-order valence-electron chi connectivity index (χ0n) is 19.0. The van der Waals surface area contributed by atoms with Crippen molar-refractivity contribution in [2.24, 2.45) is 0 Å². The Balaban J connectivity index is -0.000000337. The van der Waals surface area contributed by atoms with Crippen molar-refractivity contribution in [3.05, 3.63) is 0 Å². The number of nitrogens with one attached hydrogen (secondary N) is 2. The first-order valence-corrected chi connectivity index (χ1v) is 51.5. The van der Waals surface area contributed by atoms with E-state index in [0.717, 1.165) is 0 Å². The Kier molecular flexibility index (Phi) is 27.3. The van der Waals surface area contributed by atoms with E-state index < -0.39 is 92.5 Å². The van der Waals surface area contributed by atoms with Crippen LogP contribution in [0.1, 0.15) is 13.8 Å². The van der Waals surface area contributed by atoms with E-state index in [0.29, 0.717) is 0 Å². The van der Waals surface area contributed by atoms with Gasteiger partial charge in [-0.05, 0) is 0 Å². The van der Waals surface area contributed by atoms with Crippen LogP contribution in [0.15, 0.2) is 0 Å². The van der Waals surface area contributed by atoms with Gasteiger partial charge in [0.05, 0.1) is 0 Å². The Labute approximate surface area is 226 Å². The molecule has 0 aliphatic heterocycles. The molecule has 0 aromatic heterocycles. The number of hydrogen-bond donors (Lipinski definition) is 2. The van der Waals surface area contributed by atoms with Gasteiger partial charge in [-0.1, -0.05) is 0 Å². The minimum atomic E-state index is -2.18. The molecule has 0 heterocycles. The summed E-state index contributed by atoms with van der Waals surface area (Å²) in [4.78, 5) is 0. The summed E-state index contributed by atoms with van der Waals surface area (Å²) in [6.07, 6.45) is 0. The van der Waals surface area contributed by atoms with Crippen LogP contribution < -0.4 is 5.94 Å². The van der Waals surface area contributed by atoms with E-state index in [9.17, 15) is 0 Å². The van der Waals surface area contributed by atoms with E-state index in [1.807, 2.05) is 0 Å². The van der Waals surface area contributed by atoms with E-state index in [1.165, 1.54) is 12.1 Å². The van der Waals surface area contributed by atoms with Gasteiger partial charge < -0.3 is 0 Å². The van der Waals surface area contributed by atoms with Crippen LogP contribution in [0.4, 0.5) is 0 Å². The second kappa shape index (κ2) is 20.3. The third-order valence-electron chi connectivity index (χ3n) is 3.98. The summed E-state index contributed by atoms with van der Waals surface area (Å²) in [5.41, 5.74) is 0. The summed E-state index contributed by atoms with van der Waals surface area (Å²) in [7, 11) is 31.3. The van der Waals surface area contributed by atoms with Crippen LogP contribution >= 0.6 is 51.5 Å². The first-order chi connectivity index (χ1) is 12.4. The van der Waals surface area contributed by atoms with Gasteiger partial charge in [0.15, 0.2) is 0 Å². The first kappa shape index (κ1) is 37.6. The van der Waals surface area contributed by atoms with Crippen LogP contribution in [-0.4, -0.2) is 94.7 Å². The monoisotopic (exact) mass is 891 g/mol. The Morgan fingerprint density at radius 1 is 0.714 bits per heavy atom. The molecule has 0 rings (SSSR count). The summed E-state index contributed by atoms with van der Waals surface area (Å²) in [6, 6.07) is 2.46. The van der Waals surface area contributed by atoms with Crippen LogP contribution in [-0.2, 0) is 0 Å². The minimum absolute atomic E-state index is 0.677. The van der Waals surface area contributed by atoms with Crippen molar-refractivity contribution in [1.29, 1.82) is 0 Å². The molecule has 0 saturated heterocycles. The van der Waals surface area contributed by atoms with E-state index in [2.05, 4.69) is 74.4 Å². The molecule has 3 nitrogen and oxygen atoms in total. The van der Waals surface area contributed by atoms with E-state index >= 15 is 0 Å². The van der Waals surface area contributed by atoms with Crippen LogP contribution in [0.3, 0.4) is 0 Å². The van der Waals surface area contributed by atoms with Gasteiger partial charge in [0.25, 0.3) is 0 Å². The molecule has 0 radical (unpaired) electrons. The summed E-state index contributed by atoms with van der Waals surface area (Å²) in [5, 5.41) is 0. The van der Waals surface area contributed by atoms with Crippen molar-refractivity contribution < 1.29 is 0 Å². The van der Waals surface area contributed by atoms with Crippen molar-refractivity contribution in [2.75, 3.05) is 0 Å². The van der Waals surface area contributed by atoms with Gasteiger partial charge in [-0.3, -0.25) is 0 Å². The quantitative estimate of drug-likeness (QED) is 0.269. The Morgan fingerprint density at radius 3 is 1.07 bits per heavy atom. The first-order valence-electron chi connectivity index (χ1n) is 9.59. The molecule has 28 heavy (non-hydrogen) atoms. The zero-order chi connectivity index (χ0) is 23.3. The number of hydrogen-bond acceptors (Lipinski definition) is 3. The third kappa shape index (κ3) is 25.7. The van der Waals surface area contributed by atoms with E-state index in [1.54, 1.807) is 0 Å². The van der Waals surface area contributed by atoms with Crippen LogP contribution in [0.25, 0.3) is 0 Å². The van der Waals surface area contributed by atoms with Crippen molar-refractivity contribution in [2.45, 2.75) is 78.3 Å². The molecule has 0 spiro atoms. The SMILES string of the molecule is CC[Si](C)(CC)[NH][In]([Cl])[Cl].C[SiH](C)[N]([SiH](C)C)[In]([Cl])[Cl].C[Si](C)(C)[NH][In]([Cl])[Cl]. The summed E-state index contributed by atoms with van der Waals surface area (Å²) in [5.74, 6) is 0. The van der Waals surface area contributed by atoms with Gasteiger partial charge >= 0.3 is 230 Å².